The standard InChI is InChI=1S/C15H13N5O2/c1-2-13-18-11(10-4-3-5-16-7-10)6-14(19-13)20-8-12(15(21)22)17-9-20/h3-9H,2H2,1H3,(H,21,22). The summed E-state index contributed by atoms with van der Waals surface area (Å²) >= 11 is 0. The van der Waals surface area contributed by atoms with Crippen LogP contribution in [0.4, 0.5) is 0 Å². The van der Waals surface area contributed by atoms with E-state index in [1.807, 2.05) is 19.1 Å². The van der Waals surface area contributed by atoms with E-state index in [1.54, 1.807) is 23.0 Å². The molecule has 0 saturated heterocycles. The predicted octanol–water partition coefficient (Wildman–Crippen LogP) is 1.98. The lowest BCUT2D eigenvalue weighted by Gasteiger charge is -2.07. The van der Waals surface area contributed by atoms with Crippen molar-refractivity contribution < 1.29 is 9.90 Å². The second-order valence-corrected chi connectivity index (χ2v) is 4.59. The molecule has 3 aromatic heterocycles. The van der Waals surface area contributed by atoms with E-state index in [-0.39, 0.29) is 5.69 Å². The molecule has 7 heteroatoms. The second-order valence-electron chi connectivity index (χ2n) is 4.59. The summed E-state index contributed by atoms with van der Waals surface area (Å²) in [5.41, 5.74) is 1.58. The third kappa shape index (κ3) is 2.69. The molecule has 0 atom stereocenters. The molecule has 7 nitrogen and oxygen atoms in total. The molecule has 22 heavy (non-hydrogen) atoms. The van der Waals surface area contributed by atoms with E-state index in [0.29, 0.717) is 18.1 Å². The van der Waals surface area contributed by atoms with Gasteiger partial charge in [0.2, 0.25) is 0 Å². The zero-order valence-corrected chi connectivity index (χ0v) is 11.8. The largest absolute Gasteiger partial charge is 0.476 e. The van der Waals surface area contributed by atoms with Crippen LogP contribution in [-0.4, -0.2) is 35.6 Å². The molecular weight excluding hydrogens is 282 g/mol. The highest BCUT2D eigenvalue weighted by atomic mass is 16.4. The summed E-state index contributed by atoms with van der Waals surface area (Å²) < 4.78 is 1.57. The number of imidazole rings is 1. The topological polar surface area (TPSA) is 93.8 Å². The van der Waals surface area contributed by atoms with Crippen molar-refractivity contribution in [2.75, 3.05) is 0 Å². The first-order valence-electron chi connectivity index (χ1n) is 6.73. The normalized spacial score (nSPS) is 10.6. The second kappa shape index (κ2) is 5.72. The minimum absolute atomic E-state index is 0.0282. The summed E-state index contributed by atoms with van der Waals surface area (Å²) in [6, 6.07) is 5.53. The molecule has 0 unspecified atom stereocenters. The molecule has 0 aliphatic rings. The number of pyridine rings is 1. The Hall–Kier alpha value is -3.09. The van der Waals surface area contributed by atoms with E-state index < -0.39 is 5.97 Å². The van der Waals surface area contributed by atoms with E-state index in [9.17, 15) is 4.79 Å². The minimum Gasteiger partial charge on any atom is -0.476 e. The highest BCUT2D eigenvalue weighted by Crippen LogP contribution is 2.19. The number of carboxylic acids is 1. The van der Waals surface area contributed by atoms with Gasteiger partial charge in [0.1, 0.15) is 18.0 Å². The van der Waals surface area contributed by atoms with Gasteiger partial charge in [-0.25, -0.2) is 19.7 Å². The van der Waals surface area contributed by atoms with Crippen LogP contribution in [0.15, 0.2) is 43.1 Å². The average molecular weight is 295 g/mol. The van der Waals surface area contributed by atoms with Gasteiger partial charge in [0.25, 0.3) is 0 Å². The molecule has 0 bridgehead atoms. The van der Waals surface area contributed by atoms with Crippen molar-refractivity contribution in [3.05, 3.63) is 54.6 Å². The molecule has 110 valence electrons. The van der Waals surface area contributed by atoms with Gasteiger partial charge in [0.15, 0.2) is 5.69 Å². The molecule has 0 saturated carbocycles. The number of carboxylic acid groups (broad SMARTS) is 1. The van der Waals surface area contributed by atoms with Crippen molar-refractivity contribution in [2.45, 2.75) is 13.3 Å². The molecule has 0 aliphatic heterocycles. The molecule has 3 rings (SSSR count). The fraction of sp³-hybridized carbons (Fsp3) is 0.133. The van der Waals surface area contributed by atoms with Gasteiger partial charge in [-0.2, -0.15) is 0 Å². The Kier molecular flexibility index (Phi) is 3.61. The summed E-state index contributed by atoms with van der Waals surface area (Å²) in [7, 11) is 0. The number of hydrogen-bond donors (Lipinski definition) is 1. The third-order valence-corrected chi connectivity index (χ3v) is 3.10. The van der Waals surface area contributed by atoms with Gasteiger partial charge >= 0.3 is 5.97 Å². The third-order valence-electron chi connectivity index (χ3n) is 3.10. The molecule has 0 aliphatic carbocycles. The van der Waals surface area contributed by atoms with E-state index >= 15 is 0 Å². The van der Waals surface area contributed by atoms with Crippen LogP contribution in [0, 0.1) is 0 Å². The first-order chi connectivity index (χ1) is 10.7. The molecular formula is C15H13N5O2. The Labute approximate surface area is 126 Å². The Bertz CT molecular complexity index is 814. The van der Waals surface area contributed by atoms with Gasteiger partial charge in [-0.3, -0.25) is 9.55 Å². The number of carbonyl (C=O) groups is 1. The molecule has 3 heterocycles. The summed E-state index contributed by atoms with van der Waals surface area (Å²) in [6.07, 6.45) is 6.94. The van der Waals surface area contributed by atoms with Crippen LogP contribution < -0.4 is 0 Å². The Balaban J connectivity index is 2.09. The van der Waals surface area contributed by atoms with E-state index in [0.717, 1.165) is 11.3 Å². The average Bonchev–Trinajstić information content (AvgIpc) is 3.05. The highest BCUT2D eigenvalue weighted by molar-refractivity contribution is 5.85. The number of aromatic nitrogens is 5. The van der Waals surface area contributed by atoms with Crippen LogP contribution in [0.25, 0.3) is 17.1 Å². The van der Waals surface area contributed by atoms with Gasteiger partial charge in [-0.1, -0.05) is 6.92 Å². The lowest BCUT2D eigenvalue weighted by atomic mass is 10.2. The first-order valence-corrected chi connectivity index (χ1v) is 6.73. The summed E-state index contributed by atoms with van der Waals surface area (Å²) in [5, 5.41) is 8.96. The molecule has 0 amide bonds. The van der Waals surface area contributed by atoms with Crippen molar-refractivity contribution in [1.29, 1.82) is 0 Å². The lowest BCUT2D eigenvalue weighted by Crippen LogP contribution is -2.03. The number of rotatable bonds is 4. The molecule has 0 spiro atoms. The van der Waals surface area contributed by atoms with E-state index in [1.165, 1.54) is 12.5 Å². The number of nitrogens with zero attached hydrogens (tertiary/aromatic N) is 5. The van der Waals surface area contributed by atoms with Crippen LogP contribution in [0.5, 0.6) is 0 Å². The van der Waals surface area contributed by atoms with Gasteiger partial charge in [0, 0.05) is 36.6 Å². The Morgan fingerprint density at radius 3 is 2.86 bits per heavy atom. The van der Waals surface area contributed by atoms with E-state index in [4.69, 9.17) is 5.11 Å². The summed E-state index contributed by atoms with van der Waals surface area (Å²) in [6.45, 7) is 1.96. The smallest absolute Gasteiger partial charge is 0.356 e. The number of hydrogen-bond acceptors (Lipinski definition) is 5. The summed E-state index contributed by atoms with van der Waals surface area (Å²) in [4.78, 5) is 27.8. The predicted molar refractivity (Wildman–Crippen MR) is 78.7 cm³/mol. The molecule has 0 fully saturated rings. The molecule has 0 aromatic carbocycles. The van der Waals surface area contributed by atoms with Crippen LogP contribution >= 0.6 is 0 Å². The van der Waals surface area contributed by atoms with Gasteiger partial charge in [-0.15, -0.1) is 0 Å². The van der Waals surface area contributed by atoms with Crippen molar-refractivity contribution in [2.24, 2.45) is 0 Å². The van der Waals surface area contributed by atoms with Crippen molar-refractivity contribution in [3.63, 3.8) is 0 Å². The van der Waals surface area contributed by atoms with Crippen LogP contribution in [0.2, 0.25) is 0 Å². The number of aryl methyl sites for hydroxylation is 1. The first kappa shape index (κ1) is 13.9. The summed E-state index contributed by atoms with van der Waals surface area (Å²) in [5.74, 6) is 0.170. The maximum Gasteiger partial charge on any atom is 0.356 e. The quantitative estimate of drug-likeness (QED) is 0.791. The zero-order chi connectivity index (χ0) is 15.5. The van der Waals surface area contributed by atoms with E-state index in [2.05, 4.69) is 19.9 Å². The Morgan fingerprint density at radius 2 is 2.23 bits per heavy atom. The van der Waals surface area contributed by atoms with Crippen molar-refractivity contribution >= 4 is 5.97 Å². The zero-order valence-electron chi connectivity index (χ0n) is 11.8. The molecule has 1 N–H and O–H groups in total. The number of aromatic carboxylic acids is 1. The van der Waals surface area contributed by atoms with Gasteiger partial charge < -0.3 is 5.11 Å². The Morgan fingerprint density at radius 1 is 1.36 bits per heavy atom. The molecule has 3 aromatic rings. The lowest BCUT2D eigenvalue weighted by molar-refractivity contribution is 0.0691. The maximum atomic E-state index is 10.9. The SMILES string of the molecule is CCc1nc(-c2cccnc2)cc(-n2cnc(C(=O)O)c2)n1. The van der Waals surface area contributed by atoms with Crippen LogP contribution in [0.1, 0.15) is 23.2 Å². The molecule has 0 radical (unpaired) electrons. The van der Waals surface area contributed by atoms with Crippen LogP contribution in [-0.2, 0) is 6.42 Å². The maximum absolute atomic E-state index is 10.9. The monoisotopic (exact) mass is 295 g/mol. The fourth-order valence-corrected chi connectivity index (χ4v) is 1.99. The van der Waals surface area contributed by atoms with Crippen molar-refractivity contribution in [3.8, 4) is 17.1 Å². The van der Waals surface area contributed by atoms with Gasteiger partial charge in [-0.05, 0) is 12.1 Å². The van der Waals surface area contributed by atoms with Crippen LogP contribution in [0.3, 0.4) is 0 Å². The highest BCUT2D eigenvalue weighted by Gasteiger charge is 2.11. The fourth-order valence-electron chi connectivity index (χ4n) is 1.99. The minimum atomic E-state index is -1.07. The van der Waals surface area contributed by atoms with Gasteiger partial charge in [0.05, 0.1) is 5.69 Å². The van der Waals surface area contributed by atoms with Crippen molar-refractivity contribution in [1.82, 2.24) is 24.5 Å².